The number of aromatic nitrogens is 1. The maximum atomic E-state index is 13.5. The number of H-pyrrole nitrogens is 1. The van der Waals surface area contributed by atoms with Crippen molar-refractivity contribution in [3.8, 4) is 11.1 Å². The van der Waals surface area contributed by atoms with Crippen LogP contribution in [0.4, 0.5) is 8.78 Å². The Hall–Kier alpha value is -1.68. The number of hydrogen-bond acceptors (Lipinski definition) is 1. The van der Waals surface area contributed by atoms with Gasteiger partial charge >= 0.3 is 0 Å². The lowest BCUT2D eigenvalue weighted by atomic mass is 10.1. The zero-order chi connectivity index (χ0) is 11.7. The first-order valence-electron chi connectivity index (χ1n) is 4.42. The van der Waals surface area contributed by atoms with Crippen LogP contribution in [0.25, 0.3) is 11.1 Å². The average Bonchev–Trinajstić information content (AvgIpc) is 2.26. The summed E-state index contributed by atoms with van der Waals surface area (Å²) in [5.74, 6) is -2.00. The molecule has 2 nitrogen and oxygen atoms in total. The summed E-state index contributed by atoms with van der Waals surface area (Å²) >= 11 is 5.80. The molecule has 1 aromatic carbocycles. The molecule has 0 spiro atoms. The number of pyridine rings is 1. The zero-order valence-corrected chi connectivity index (χ0v) is 8.68. The number of aromatic amines is 1. The Bertz CT molecular complexity index is 595. The lowest BCUT2D eigenvalue weighted by Gasteiger charge is -2.05. The first kappa shape index (κ1) is 10.8. The normalized spacial score (nSPS) is 10.4. The summed E-state index contributed by atoms with van der Waals surface area (Å²) in [6.45, 7) is 0. The van der Waals surface area contributed by atoms with Gasteiger partial charge in [0.15, 0.2) is 11.6 Å². The molecule has 1 aromatic heterocycles. The molecular formula is C11H6ClF2NO. The van der Waals surface area contributed by atoms with Crippen LogP contribution in [0, 0.1) is 11.6 Å². The van der Waals surface area contributed by atoms with E-state index in [9.17, 15) is 13.6 Å². The van der Waals surface area contributed by atoms with Gasteiger partial charge in [0.25, 0.3) is 0 Å². The van der Waals surface area contributed by atoms with Crippen LogP contribution in [-0.4, -0.2) is 4.98 Å². The SMILES string of the molecule is O=c1cc(-c2cccc(F)c2F)c(Cl)c[nH]1. The van der Waals surface area contributed by atoms with Crippen LogP contribution in [0.1, 0.15) is 0 Å². The average molecular weight is 242 g/mol. The number of hydrogen-bond donors (Lipinski definition) is 1. The quantitative estimate of drug-likeness (QED) is 0.818. The summed E-state index contributed by atoms with van der Waals surface area (Å²) in [4.78, 5) is 13.4. The van der Waals surface area contributed by atoms with Crippen molar-refractivity contribution in [2.24, 2.45) is 0 Å². The van der Waals surface area contributed by atoms with Crippen molar-refractivity contribution in [2.45, 2.75) is 0 Å². The van der Waals surface area contributed by atoms with Crippen LogP contribution >= 0.6 is 11.6 Å². The molecule has 82 valence electrons. The minimum atomic E-state index is -1.02. The van der Waals surface area contributed by atoms with Gasteiger partial charge in [0, 0.05) is 23.4 Å². The summed E-state index contributed by atoms with van der Waals surface area (Å²) in [6.07, 6.45) is 1.24. The van der Waals surface area contributed by atoms with Crippen molar-refractivity contribution in [1.29, 1.82) is 0 Å². The van der Waals surface area contributed by atoms with E-state index in [-0.39, 0.29) is 16.1 Å². The number of rotatable bonds is 1. The van der Waals surface area contributed by atoms with Crippen LogP contribution in [0.15, 0.2) is 35.3 Å². The molecule has 0 saturated heterocycles. The van der Waals surface area contributed by atoms with Gasteiger partial charge in [-0.15, -0.1) is 0 Å². The van der Waals surface area contributed by atoms with Crippen molar-refractivity contribution in [2.75, 3.05) is 0 Å². The molecule has 0 aliphatic carbocycles. The van der Waals surface area contributed by atoms with E-state index >= 15 is 0 Å². The van der Waals surface area contributed by atoms with Crippen molar-refractivity contribution in [3.63, 3.8) is 0 Å². The summed E-state index contributed by atoms with van der Waals surface area (Å²) in [5.41, 5.74) is -0.290. The van der Waals surface area contributed by atoms with Crippen molar-refractivity contribution in [3.05, 3.63) is 57.5 Å². The lowest BCUT2D eigenvalue weighted by Crippen LogP contribution is -2.04. The van der Waals surface area contributed by atoms with Crippen LogP contribution in [-0.2, 0) is 0 Å². The highest BCUT2D eigenvalue weighted by Crippen LogP contribution is 2.28. The second kappa shape index (κ2) is 4.06. The fourth-order valence-electron chi connectivity index (χ4n) is 1.37. The fourth-order valence-corrected chi connectivity index (χ4v) is 1.58. The number of halogens is 3. The van der Waals surface area contributed by atoms with Gasteiger partial charge in [-0.2, -0.15) is 0 Å². The van der Waals surface area contributed by atoms with E-state index in [1.165, 1.54) is 18.3 Å². The molecule has 0 bridgehead atoms. The van der Waals surface area contributed by atoms with E-state index in [1.54, 1.807) is 0 Å². The molecule has 0 radical (unpaired) electrons. The standard InChI is InChI=1S/C11H6ClF2NO/c12-8-5-15-10(16)4-7(8)6-2-1-3-9(13)11(6)14/h1-5H,(H,15,16). The Labute approximate surface area is 94.5 Å². The summed E-state index contributed by atoms with van der Waals surface area (Å²) in [7, 11) is 0. The Kier molecular flexibility index (Phi) is 2.75. The fraction of sp³-hybridized carbons (Fsp3) is 0. The van der Waals surface area contributed by atoms with Gasteiger partial charge in [-0.25, -0.2) is 8.78 Å². The molecule has 0 aliphatic heterocycles. The van der Waals surface area contributed by atoms with E-state index in [1.807, 2.05) is 0 Å². The monoisotopic (exact) mass is 241 g/mol. The summed E-state index contributed by atoms with van der Waals surface area (Å²) in [5, 5.41) is 0.157. The topological polar surface area (TPSA) is 32.9 Å². The van der Waals surface area contributed by atoms with Crippen LogP contribution in [0.3, 0.4) is 0 Å². The third-order valence-corrected chi connectivity index (χ3v) is 2.43. The lowest BCUT2D eigenvalue weighted by molar-refractivity contribution is 0.511. The van der Waals surface area contributed by atoms with Gasteiger partial charge in [0.2, 0.25) is 5.56 Å². The molecule has 0 fully saturated rings. The zero-order valence-electron chi connectivity index (χ0n) is 7.93. The van der Waals surface area contributed by atoms with Crippen molar-refractivity contribution >= 4 is 11.6 Å². The molecule has 1 heterocycles. The Morgan fingerprint density at radius 1 is 1.19 bits per heavy atom. The smallest absolute Gasteiger partial charge is 0.248 e. The van der Waals surface area contributed by atoms with E-state index in [0.717, 1.165) is 12.1 Å². The largest absolute Gasteiger partial charge is 0.328 e. The Morgan fingerprint density at radius 3 is 2.69 bits per heavy atom. The van der Waals surface area contributed by atoms with Gasteiger partial charge in [0.05, 0.1) is 5.02 Å². The molecule has 16 heavy (non-hydrogen) atoms. The summed E-state index contributed by atoms with van der Waals surface area (Å²) < 4.78 is 26.4. The number of nitrogens with one attached hydrogen (secondary N) is 1. The maximum absolute atomic E-state index is 13.5. The van der Waals surface area contributed by atoms with Gasteiger partial charge in [-0.3, -0.25) is 4.79 Å². The third-order valence-electron chi connectivity index (χ3n) is 2.12. The Morgan fingerprint density at radius 2 is 1.94 bits per heavy atom. The molecule has 0 atom stereocenters. The molecule has 0 unspecified atom stereocenters. The predicted octanol–water partition coefficient (Wildman–Crippen LogP) is 2.97. The molecular weight excluding hydrogens is 236 g/mol. The molecule has 0 aliphatic rings. The molecule has 2 aromatic rings. The highest BCUT2D eigenvalue weighted by molar-refractivity contribution is 6.33. The Balaban J connectivity index is 2.72. The van der Waals surface area contributed by atoms with Crippen molar-refractivity contribution < 1.29 is 8.78 Å². The maximum Gasteiger partial charge on any atom is 0.248 e. The first-order chi connectivity index (χ1) is 7.59. The highest BCUT2D eigenvalue weighted by atomic mass is 35.5. The second-order valence-corrected chi connectivity index (χ2v) is 3.57. The van der Waals surface area contributed by atoms with E-state index < -0.39 is 17.2 Å². The number of benzene rings is 1. The van der Waals surface area contributed by atoms with E-state index in [2.05, 4.69) is 4.98 Å². The molecule has 0 amide bonds. The van der Waals surface area contributed by atoms with Gasteiger partial charge in [0.1, 0.15) is 0 Å². The van der Waals surface area contributed by atoms with Crippen molar-refractivity contribution in [1.82, 2.24) is 4.98 Å². The van der Waals surface area contributed by atoms with Gasteiger partial charge in [-0.1, -0.05) is 23.7 Å². The second-order valence-electron chi connectivity index (χ2n) is 3.16. The minimum Gasteiger partial charge on any atom is -0.328 e. The van der Waals surface area contributed by atoms with E-state index in [0.29, 0.717) is 0 Å². The van der Waals surface area contributed by atoms with Crippen LogP contribution < -0.4 is 5.56 Å². The van der Waals surface area contributed by atoms with Crippen LogP contribution in [0.2, 0.25) is 5.02 Å². The molecule has 1 N–H and O–H groups in total. The first-order valence-corrected chi connectivity index (χ1v) is 4.80. The van der Waals surface area contributed by atoms with Gasteiger partial charge in [-0.05, 0) is 6.07 Å². The van der Waals surface area contributed by atoms with Crippen LogP contribution in [0.5, 0.6) is 0 Å². The van der Waals surface area contributed by atoms with Gasteiger partial charge < -0.3 is 4.98 Å². The third kappa shape index (κ3) is 1.84. The predicted molar refractivity (Wildman–Crippen MR) is 57.4 cm³/mol. The molecule has 0 saturated carbocycles. The van der Waals surface area contributed by atoms with E-state index in [4.69, 9.17) is 11.6 Å². The minimum absolute atomic E-state index is 0.0314. The highest BCUT2D eigenvalue weighted by Gasteiger charge is 2.12. The molecule has 5 heteroatoms. The summed E-state index contributed by atoms with van der Waals surface area (Å²) in [6, 6.07) is 4.84. The molecule has 2 rings (SSSR count).